The van der Waals surface area contributed by atoms with E-state index in [4.69, 9.17) is 19.7 Å². The first-order chi connectivity index (χ1) is 29.2. The van der Waals surface area contributed by atoms with Crippen molar-refractivity contribution in [3.8, 4) is 85.1 Å². The van der Waals surface area contributed by atoms with Gasteiger partial charge in [0.2, 0.25) is 0 Å². The van der Waals surface area contributed by atoms with Crippen LogP contribution < -0.4 is 4.74 Å². The number of aromatic nitrogens is 3. The Morgan fingerprint density at radius 1 is 0.356 bits per heavy atom. The Morgan fingerprint density at radius 2 is 0.864 bits per heavy atom. The van der Waals surface area contributed by atoms with Gasteiger partial charge in [0.25, 0.3) is 0 Å². The number of nitrogens with zero attached hydrogens (tertiary/aromatic N) is 4. The molecule has 0 saturated carbocycles. The van der Waals surface area contributed by atoms with Crippen LogP contribution in [0.25, 0.3) is 111 Å². The van der Waals surface area contributed by atoms with Gasteiger partial charge in [-0.1, -0.05) is 152 Å². The summed E-state index contributed by atoms with van der Waals surface area (Å²) in [5.74, 6) is 3.46. The molecular weight excluding hydrogens is 721 g/mol. The number of benzene rings is 10. The molecule has 1 aromatic heterocycles. The van der Waals surface area contributed by atoms with E-state index in [9.17, 15) is 5.26 Å². The molecule has 0 saturated heterocycles. The van der Waals surface area contributed by atoms with E-state index in [-0.39, 0.29) is 0 Å². The minimum absolute atomic E-state index is 0.584. The maximum Gasteiger partial charge on any atom is 0.164 e. The van der Waals surface area contributed by atoms with Crippen molar-refractivity contribution in [1.82, 2.24) is 15.0 Å². The Morgan fingerprint density at radius 3 is 1.49 bits per heavy atom. The summed E-state index contributed by atoms with van der Waals surface area (Å²) in [4.78, 5) is 15.1. The second-order valence-electron chi connectivity index (χ2n) is 15.0. The van der Waals surface area contributed by atoms with Crippen molar-refractivity contribution in [2.75, 3.05) is 0 Å². The lowest BCUT2D eigenvalue weighted by atomic mass is 9.87. The molecule has 0 amide bonds. The topological polar surface area (TPSA) is 71.7 Å². The number of fused-ring (bicyclic) bond motifs is 2. The van der Waals surface area contributed by atoms with E-state index in [1.165, 1.54) is 32.5 Å². The highest BCUT2D eigenvalue weighted by Crippen LogP contribution is 2.49. The molecule has 0 atom stereocenters. The highest BCUT2D eigenvalue weighted by atomic mass is 16.5. The minimum atomic E-state index is 0.584. The van der Waals surface area contributed by atoms with Crippen LogP contribution in [0.2, 0.25) is 0 Å². The van der Waals surface area contributed by atoms with E-state index >= 15 is 0 Å². The van der Waals surface area contributed by atoms with E-state index in [2.05, 4.69) is 97.1 Å². The minimum Gasteiger partial charge on any atom is -0.456 e. The standard InChI is InChI=1S/C54H30N4O/c55-31-32-14-23-41-44-29-28-40(42-12-7-13-47(51(42)44)59-48(41)30-32)34-17-15-33(16-18-34)39-24-19-35-21-26-45-46(27-22-36-20-25-43(39)49(35)50(36)45)54-57-52(37-8-3-1-4-9-37)56-53(58-54)38-10-5-2-6-11-38/h1-30H. The maximum absolute atomic E-state index is 9.47. The largest absolute Gasteiger partial charge is 0.456 e. The zero-order valence-corrected chi connectivity index (χ0v) is 31.5. The van der Waals surface area contributed by atoms with Crippen LogP contribution >= 0.6 is 0 Å². The predicted octanol–water partition coefficient (Wildman–Crippen LogP) is 13.9. The summed E-state index contributed by atoms with van der Waals surface area (Å²) in [6.07, 6.45) is 0. The zero-order valence-electron chi connectivity index (χ0n) is 31.5. The lowest BCUT2D eigenvalue weighted by Crippen LogP contribution is -2.00. The van der Waals surface area contributed by atoms with Gasteiger partial charge in [-0.2, -0.15) is 5.26 Å². The predicted molar refractivity (Wildman–Crippen MR) is 238 cm³/mol. The van der Waals surface area contributed by atoms with E-state index in [0.29, 0.717) is 28.8 Å². The van der Waals surface area contributed by atoms with Crippen molar-refractivity contribution in [2.45, 2.75) is 0 Å². The first-order valence-corrected chi connectivity index (χ1v) is 19.7. The van der Waals surface area contributed by atoms with Gasteiger partial charge in [0.05, 0.1) is 11.6 Å². The van der Waals surface area contributed by atoms with Crippen LogP contribution in [0, 0.1) is 11.3 Å². The van der Waals surface area contributed by atoms with Gasteiger partial charge in [-0.05, 0) is 95.9 Å². The summed E-state index contributed by atoms with van der Waals surface area (Å²) in [5.41, 5.74) is 10.2. The molecule has 0 aliphatic carbocycles. The molecule has 10 aromatic carbocycles. The molecule has 1 aliphatic heterocycles. The summed E-state index contributed by atoms with van der Waals surface area (Å²) >= 11 is 0. The van der Waals surface area contributed by atoms with Crippen LogP contribution in [0.4, 0.5) is 0 Å². The van der Waals surface area contributed by atoms with E-state index in [0.717, 1.165) is 66.4 Å². The van der Waals surface area contributed by atoms with E-state index in [1.807, 2.05) is 91.0 Å². The van der Waals surface area contributed by atoms with Gasteiger partial charge >= 0.3 is 0 Å². The molecule has 0 fully saturated rings. The van der Waals surface area contributed by atoms with Gasteiger partial charge in [0.15, 0.2) is 17.5 Å². The molecule has 272 valence electrons. The molecular formula is C54H30N4O. The molecule has 5 heteroatoms. The molecule has 0 radical (unpaired) electrons. The number of rotatable bonds is 5. The Balaban J connectivity index is 0.973. The Kier molecular flexibility index (Phi) is 7.22. The molecule has 0 bridgehead atoms. The fourth-order valence-electron chi connectivity index (χ4n) is 8.96. The fraction of sp³-hybridized carbons (Fsp3) is 0. The summed E-state index contributed by atoms with van der Waals surface area (Å²) < 4.78 is 6.37. The molecule has 0 unspecified atom stereocenters. The van der Waals surface area contributed by atoms with Crippen LogP contribution in [0.5, 0.6) is 11.5 Å². The highest BCUT2D eigenvalue weighted by molar-refractivity contribution is 6.27. The van der Waals surface area contributed by atoms with Gasteiger partial charge in [0, 0.05) is 27.6 Å². The van der Waals surface area contributed by atoms with Crippen LogP contribution in [-0.2, 0) is 0 Å². The van der Waals surface area contributed by atoms with Gasteiger partial charge < -0.3 is 4.74 Å². The van der Waals surface area contributed by atoms with Crippen LogP contribution in [0.15, 0.2) is 182 Å². The summed E-state index contributed by atoms with van der Waals surface area (Å²) in [6, 6.07) is 65.4. The third kappa shape index (κ3) is 5.21. The molecule has 59 heavy (non-hydrogen) atoms. The molecule has 1 aliphatic rings. The summed E-state index contributed by atoms with van der Waals surface area (Å²) in [6.45, 7) is 0. The third-order valence-electron chi connectivity index (χ3n) is 11.7. The average Bonchev–Trinajstić information content (AvgIpc) is 3.31. The van der Waals surface area contributed by atoms with Crippen molar-refractivity contribution in [1.29, 1.82) is 5.26 Å². The lowest BCUT2D eigenvalue weighted by Gasteiger charge is -2.22. The van der Waals surface area contributed by atoms with Crippen molar-refractivity contribution in [3.63, 3.8) is 0 Å². The number of nitriles is 1. The van der Waals surface area contributed by atoms with Crippen LogP contribution in [-0.4, -0.2) is 15.0 Å². The monoisotopic (exact) mass is 750 g/mol. The van der Waals surface area contributed by atoms with Crippen molar-refractivity contribution in [2.24, 2.45) is 0 Å². The molecule has 0 spiro atoms. The van der Waals surface area contributed by atoms with Gasteiger partial charge in [-0.3, -0.25) is 0 Å². The van der Waals surface area contributed by atoms with E-state index in [1.54, 1.807) is 0 Å². The SMILES string of the molecule is N#Cc1ccc2c(c1)Oc1cccc3c(-c4ccc(-c5ccc6ccc7c(-c8nc(-c9ccccc9)nc(-c9ccccc9)n8)ccc8ccc5c6c87)cc4)ccc-2c13. The van der Waals surface area contributed by atoms with Crippen molar-refractivity contribution < 1.29 is 4.74 Å². The summed E-state index contributed by atoms with van der Waals surface area (Å²) in [5, 5.41) is 18.8. The Labute approximate surface area is 339 Å². The van der Waals surface area contributed by atoms with E-state index < -0.39 is 0 Å². The lowest BCUT2D eigenvalue weighted by molar-refractivity contribution is 0.487. The summed E-state index contributed by atoms with van der Waals surface area (Å²) in [7, 11) is 0. The first kappa shape index (κ1) is 33.0. The smallest absolute Gasteiger partial charge is 0.164 e. The van der Waals surface area contributed by atoms with Gasteiger partial charge in [0.1, 0.15) is 11.5 Å². The third-order valence-corrected chi connectivity index (χ3v) is 11.7. The molecule has 12 rings (SSSR count). The normalized spacial score (nSPS) is 11.8. The second kappa shape index (κ2) is 12.9. The van der Waals surface area contributed by atoms with Crippen LogP contribution in [0.1, 0.15) is 5.56 Å². The Bertz CT molecular complexity index is 3460. The molecule has 0 N–H and O–H groups in total. The fourth-order valence-corrected chi connectivity index (χ4v) is 8.96. The highest BCUT2D eigenvalue weighted by Gasteiger charge is 2.23. The first-order valence-electron chi connectivity index (χ1n) is 19.7. The average molecular weight is 751 g/mol. The quantitative estimate of drug-likeness (QED) is 0.164. The van der Waals surface area contributed by atoms with Gasteiger partial charge in [-0.25, -0.2) is 15.0 Å². The van der Waals surface area contributed by atoms with Crippen molar-refractivity contribution >= 4 is 43.1 Å². The number of ether oxygens (including phenoxy) is 1. The molecule has 11 aromatic rings. The van der Waals surface area contributed by atoms with Crippen molar-refractivity contribution in [3.05, 3.63) is 188 Å². The van der Waals surface area contributed by atoms with Crippen LogP contribution in [0.3, 0.4) is 0 Å². The van der Waals surface area contributed by atoms with Gasteiger partial charge in [-0.15, -0.1) is 0 Å². The maximum atomic E-state index is 9.47. The number of hydrogen-bond donors (Lipinski definition) is 0. The Hall–Kier alpha value is -8.20. The molecule has 2 heterocycles. The zero-order chi connectivity index (χ0) is 39.0. The number of hydrogen-bond acceptors (Lipinski definition) is 5. The molecule has 5 nitrogen and oxygen atoms in total. The second-order valence-corrected chi connectivity index (χ2v) is 15.0.